The van der Waals surface area contributed by atoms with Gasteiger partial charge in [0.05, 0.1) is 12.6 Å². The van der Waals surface area contributed by atoms with Gasteiger partial charge in [0.2, 0.25) is 0 Å². The van der Waals surface area contributed by atoms with E-state index < -0.39 is 11.9 Å². The highest BCUT2D eigenvalue weighted by Crippen LogP contribution is 2.37. The van der Waals surface area contributed by atoms with Crippen molar-refractivity contribution in [1.82, 2.24) is 9.97 Å². The number of fused-ring (bicyclic) bond motifs is 1. The van der Waals surface area contributed by atoms with Gasteiger partial charge in [-0.1, -0.05) is 11.6 Å². The van der Waals surface area contributed by atoms with Crippen LogP contribution in [0.1, 0.15) is 5.69 Å². The summed E-state index contributed by atoms with van der Waals surface area (Å²) in [5.74, 6) is 0.453. The first-order chi connectivity index (χ1) is 10.8. The third-order valence-corrected chi connectivity index (χ3v) is 5.19. The van der Waals surface area contributed by atoms with E-state index in [0.29, 0.717) is 22.0 Å². The molecule has 3 rings (SSSR count). The first-order valence-corrected chi connectivity index (χ1v) is 8.50. The number of ether oxygens (including phenoxy) is 1. The van der Waals surface area contributed by atoms with E-state index in [9.17, 15) is 13.2 Å². The highest BCUT2D eigenvalue weighted by atomic mass is 127. The second kappa shape index (κ2) is 6.06. The number of alkyl halides is 3. The van der Waals surface area contributed by atoms with E-state index in [1.165, 1.54) is 7.11 Å². The lowest BCUT2D eigenvalue weighted by atomic mass is 10.2. The van der Waals surface area contributed by atoms with E-state index >= 15 is 0 Å². The fourth-order valence-corrected chi connectivity index (χ4v) is 3.79. The number of hydrogen-bond acceptors (Lipinski definition) is 4. The maximum Gasteiger partial charge on any atom is 0.434 e. The lowest BCUT2D eigenvalue weighted by Gasteiger charge is -2.08. The van der Waals surface area contributed by atoms with Gasteiger partial charge < -0.3 is 4.74 Å². The zero-order valence-corrected chi connectivity index (χ0v) is 15.1. The van der Waals surface area contributed by atoms with Crippen LogP contribution >= 0.6 is 45.5 Å². The normalized spacial score (nSPS) is 11.9. The molecule has 0 bridgehead atoms. The monoisotopic (exact) mass is 470 g/mol. The van der Waals surface area contributed by atoms with Crippen molar-refractivity contribution in [2.75, 3.05) is 7.11 Å². The summed E-state index contributed by atoms with van der Waals surface area (Å²) < 4.78 is 44.1. The number of methoxy groups -OCH3 is 1. The lowest BCUT2D eigenvalue weighted by molar-refractivity contribution is -0.140. The Bertz CT molecular complexity index is 898. The Morgan fingerprint density at radius 1 is 1.26 bits per heavy atom. The van der Waals surface area contributed by atoms with Gasteiger partial charge >= 0.3 is 6.18 Å². The van der Waals surface area contributed by atoms with Crippen LogP contribution in [0.5, 0.6) is 5.75 Å². The summed E-state index contributed by atoms with van der Waals surface area (Å²) in [6.45, 7) is 0. The van der Waals surface area contributed by atoms with Crippen molar-refractivity contribution in [3.8, 4) is 16.5 Å². The zero-order valence-electron chi connectivity index (χ0n) is 11.4. The predicted octanol–water partition coefficient (Wildman–Crippen LogP) is 5.64. The Labute approximate surface area is 151 Å². The molecule has 23 heavy (non-hydrogen) atoms. The van der Waals surface area contributed by atoms with Crippen molar-refractivity contribution in [2.24, 2.45) is 0 Å². The molecular formula is C14H7ClF3IN2OS. The maximum atomic E-state index is 12.7. The summed E-state index contributed by atoms with van der Waals surface area (Å²) in [4.78, 5) is 8.00. The minimum atomic E-state index is -4.47. The van der Waals surface area contributed by atoms with Gasteiger partial charge in [0.25, 0.3) is 0 Å². The summed E-state index contributed by atoms with van der Waals surface area (Å²) in [5.41, 5.74) is -0.111. The second-order valence-electron chi connectivity index (χ2n) is 4.50. The lowest BCUT2D eigenvalue weighted by Crippen LogP contribution is -2.05. The molecule has 2 heterocycles. The second-order valence-corrected chi connectivity index (χ2v) is 6.90. The molecule has 0 aliphatic carbocycles. The molecule has 3 aromatic rings. The first-order valence-electron chi connectivity index (χ1n) is 6.17. The molecule has 0 saturated carbocycles. The van der Waals surface area contributed by atoms with E-state index in [4.69, 9.17) is 16.3 Å². The largest absolute Gasteiger partial charge is 0.495 e. The third-order valence-electron chi connectivity index (χ3n) is 3.07. The van der Waals surface area contributed by atoms with Gasteiger partial charge in [-0.25, -0.2) is 9.97 Å². The molecule has 2 aromatic heterocycles. The molecule has 0 amide bonds. The number of benzene rings is 1. The highest BCUT2D eigenvalue weighted by Gasteiger charge is 2.34. The van der Waals surface area contributed by atoms with Crippen molar-refractivity contribution in [3.05, 3.63) is 37.9 Å². The maximum absolute atomic E-state index is 12.7. The number of rotatable bonds is 2. The van der Waals surface area contributed by atoms with Crippen molar-refractivity contribution < 1.29 is 17.9 Å². The molecule has 0 radical (unpaired) electrons. The van der Waals surface area contributed by atoms with Crippen LogP contribution in [-0.2, 0) is 6.18 Å². The molecule has 3 nitrogen and oxygen atoms in total. The third kappa shape index (κ3) is 3.11. The number of hydrogen-bond donors (Lipinski definition) is 0. The SMILES string of the molecule is COc1ccc2c(I)cc(-c3nc(C(F)(F)F)cs3)nc2c1Cl. The van der Waals surface area contributed by atoms with E-state index in [2.05, 4.69) is 32.6 Å². The van der Waals surface area contributed by atoms with Gasteiger partial charge in [-0.05, 0) is 40.8 Å². The van der Waals surface area contributed by atoms with Crippen LogP contribution in [-0.4, -0.2) is 17.1 Å². The van der Waals surface area contributed by atoms with Gasteiger partial charge in [0.15, 0.2) is 5.69 Å². The Morgan fingerprint density at radius 3 is 2.61 bits per heavy atom. The average Bonchev–Trinajstić information content (AvgIpc) is 2.98. The number of thiazole rings is 1. The molecule has 0 saturated heterocycles. The molecule has 0 aliphatic heterocycles. The molecule has 0 spiro atoms. The smallest absolute Gasteiger partial charge is 0.434 e. The van der Waals surface area contributed by atoms with Crippen molar-refractivity contribution >= 4 is 56.4 Å². The Hall–Kier alpha value is -1.13. The van der Waals surface area contributed by atoms with Crippen LogP contribution in [0.3, 0.4) is 0 Å². The Morgan fingerprint density at radius 2 is 2.00 bits per heavy atom. The summed E-state index contributed by atoms with van der Waals surface area (Å²) in [5, 5.41) is 2.28. The summed E-state index contributed by atoms with van der Waals surface area (Å²) in [6, 6.07) is 5.21. The minimum absolute atomic E-state index is 0.191. The van der Waals surface area contributed by atoms with E-state index in [0.717, 1.165) is 25.7 Å². The average molecular weight is 471 g/mol. The molecule has 0 unspecified atom stereocenters. The van der Waals surface area contributed by atoms with Crippen LogP contribution in [0.25, 0.3) is 21.6 Å². The quantitative estimate of drug-likeness (QED) is 0.455. The van der Waals surface area contributed by atoms with Gasteiger partial charge in [-0.15, -0.1) is 11.3 Å². The van der Waals surface area contributed by atoms with Crippen molar-refractivity contribution in [2.45, 2.75) is 6.18 Å². The van der Waals surface area contributed by atoms with Gasteiger partial charge in [-0.2, -0.15) is 13.2 Å². The van der Waals surface area contributed by atoms with E-state index in [1.807, 2.05) is 6.07 Å². The molecular weight excluding hydrogens is 464 g/mol. The molecule has 0 fully saturated rings. The first kappa shape index (κ1) is 16.7. The summed E-state index contributed by atoms with van der Waals surface area (Å²) in [7, 11) is 1.48. The van der Waals surface area contributed by atoms with Crippen LogP contribution in [0.4, 0.5) is 13.2 Å². The molecule has 9 heteroatoms. The molecule has 1 aromatic carbocycles. The summed E-state index contributed by atoms with van der Waals surface area (Å²) in [6.07, 6.45) is -4.47. The van der Waals surface area contributed by atoms with Crippen molar-refractivity contribution in [3.63, 3.8) is 0 Å². The topological polar surface area (TPSA) is 35.0 Å². The fraction of sp³-hybridized carbons (Fsp3) is 0.143. The number of aromatic nitrogens is 2. The van der Waals surface area contributed by atoms with Crippen LogP contribution in [0.15, 0.2) is 23.6 Å². The highest BCUT2D eigenvalue weighted by molar-refractivity contribution is 14.1. The Balaban J connectivity index is 2.19. The van der Waals surface area contributed by atoms with Crippen LogP contribution in [0, 0.1) is 3.57 Å². The molecule has 120 valence electrons. The summed E-state index contributed by atoms with van der Waals surface area (Å²) >= 11 is 9.24. The molecule has 0 N–H and O–H groups in total. The number of pyridine rings is 1. The number of halogens is 5. The zero-order chi connectivity index (χ0) is 16.8. The van der Waals surface area contributed by atoms with Crippen LogP contribution in [0.2, 0.25) is 5.02 Å². The van der Waals surface area contributed by atoms with Gasteiger partial charge in [0.1, 0.15) is 21.5 Å². The number of nitrogens with zero attached hydrogens (tertiary/aromatic N) is 2. The van der Waals surface area contributed by atoms with E-state index in [1.54, 1.807) is 12.1 Å². The van der Waals surface area contributed by atoms with Gasteiger partial charge in [-0.3, -0.25) is 0 Å². The van der Waals surface area contributed by atoms with Crippen molar-refractivity contribution in [1.29, 1.82) is 0 Å². The molecule has 0 atom stereocenters. The molecule has 0 aliphatic rings. The van der Waals surface area contributed by atoms with Crippen LogP contribution < -0.4 is 4.74 Å². The fourth-order valence-electron chi connectivity index (χ4n) is 1.99. The van der Waals surface area contributed by atoms with Gasteiger partial charge in [0, 0.05) is 14.3 Å². The predicted molar refractivity (Wildman–Crippen MR) is 92.1 cm³/mol. The van der Waals surface area contributed by atoms with E-state index in [-0.39, 0.29) is 5.01 Å². The Kier molecular flexibility index (Phi) is 4.41. The standard InChI is InChI=1S/C14H7ClF3IN2OS/c1-22-9-3-2-6-7(19)4-8(20-12(6)11(9)15)13-21-10(5-23-13)14(16,17)18/h2-5H,1H3. The minimum Gasteiger partial charge on any atom is -0.495 e.